The molecule has 0 amide bonds. The molecule has 3 rings (SSSR count). The molecule has 4 heteroatoms. The van der Waals surface area contributed by atoms with Crippen LogP contribution in [0.3, 0.4) is 0 Å². The highest BCUT2D eigenvalue weighted by Gasteiger charge is 2.10. The average molecular weight is 296 g/mol. The van der Waals surface area contributed by atoms with Crippen molar-refractivity contribution in [1.29, 1.82) is 0 Å². The fraction of sp³-hybridized carbons (Fsp3) is 0.118. The molecular weight excluding hydrogens is 280 g/mol. The molecule has 3 nitrogen and oxygen atoms in total. The van der Waals surface area contributed by atoms with Gasteiger partial charge in [0.1, 0.15) is 10.8 Å². The molecule has 2 aromatic carbocycles. The quantitative estimate of drug-likeness (QED) is 0.723. The molecule has 0 radical (unpaired) electrons. The van der Waals surface area contributed by atoms with E-state index in [4.69, 9.17) is 15.5 Å². The van der Waals surface area contributed by atoms with Gasteiger partial charge in [0.25, 0.3) is 0 Å². The van der Waals surface area contributed by atoms with Crippen molar-refractivity contribution in [2.45, 2.75) is 6.92 Å². The summed E-state index contributed by atoms with van der Waals surface area (Å²) in [6, 6.07) is 15.8. The van der Waals surface area contributed by atoms with Gasteiger partial charge in [-0.25, -0.2) is 4.98 Å². The average Bonchev–Trinajstić information content (AvgIpc) is 2.98. The minimum Gasteiger partial charge on any atom is -0.493 e. The Labute approximate surface area is 128 Å². The molecular formula is C17H16N2OS. The van der Waals surface area contributed by atoms with Gasteiger partial charge in [0, 0.05) is 22.2 Å². The van der Waals surface area contributed by atoms with E-state index in [0.29, 0.717) is 6.61 Å². The van der Waals surface area contributed by atoms with Gasteiger partial charge in [-0.15, -0.1) is 11.3 Å². The smallest absolute Gasteiger partial charge is 0.128 e. The molecule has 0 bridgehead atoms. The van der Waals surface area contributed by atoms with E-state index in [9.17, 15) is 0 Å². The Balaban J connectivity index is 1.99. The van der Waals surface area contributed by atoms with Gasteiger partial charge in [-0.05, 0) is 31.2 Å². The number of ether oxygens (including phenoxy) is 1. The van der Waals surface area contributed by atoms with Crippen LogP contribution in [0.5, 0.6) is 5.75 Å². The second kappa shape index (κ2) is 5.97. The van der Waals surface area contributed by atoms with E-state index >= 15 is 0 Å². The van der Waals surface area contributed by atoms with Crippen LogP contribution in [-0.2, 0) is 0 Å². The highest BCUT2D eigenvalue weighted by Crippen LogP contribution is 2.34. The summed E-state index contributed by atoms with van der Waals surface area (Å²) in [6.07, 6.45) is 0. The molecule has 106 valence electrons. The van der Waals surface area contributed by atoms with Gasteiger partial charge in [0.2, 0.25) is 0 Å². The summed E-state index contributed by atoms with van der Waals surface area (Å²) >= 11 is 1.61. The summed E-state index contributed by atoms with van der Waals surface area (Å²) in [4.78, 5) is 4.72. The molecule has 0 saturated carbocycles. The van der Waals surface area contributed by atoms with Gasteiger partial charge in [-0.1, -0.05) is 24.3 Å². The first-order valence-corrected chi connectivity index (χ1v) is 7.69. The molecule has 0 fully saturated rings. The van der Waals surface area contributed by atoms with Crippen LogP contribution in [0.4, 0.5) is 5.69 Å². The molecule has 1 heterocycles. The number of nitrogen functional groups attached to an aromatic ring is 1. The highest BCUT2D eigenvalue weighted by atomic mass is 32.1. The summed E-state index contributed by atoms with van der Waals surface area (Å²) in [5, 5.41) is 3.01. The Kier molecular flexibility index (Phi) is 3.88. The first-order valence-electron chi connectivity index (χ1n) is 6.81. The Morgan fingerprint density at radius 3 is 2.81 bits per heavy atom. The van der Waals surface area contributed by atoms with E-state index in [1.807, 2.05) is 55.5 Å². The number of aromatic nitrogens is 1. The number of benzene rings is 2. The number of thiazole rings is 1. The molecule has 0 aliphatic rings. The van der Waals surface area contributed by atoms with Gasteiger partial charge in [-0.3, -0.25) is 0 Å². The predicted molar refractivity (Wildman–Crippen MR) is 88.6 cm³/mol. The van der Waals surface area contributed by atoms with Gasteiger partial charge in [0.05, 0.1) is 12.3 Å². The minimum atomic E-state index is 0.642. The third-order valence-corrected chi connectivity index (χ3v) is 3.99. The molecule has 1 aromatic heterocycles. The maximum absolute atomic E-state index is 5.83. The molecule has 0 unspecified atom stereocenters. The zero-order chi connectivity index (χ0) is 14.7. The number of anilines is 1. The fourth-order valence-electron chi connectivity index (χ4n) is 2.16. The van der Waals surface area contributed by atoms with Crippen LogP contribution in [0.2, 0.25) is 0 Å². The first-order chi connectivity index (χ1) is 10.3. The molecule has 0 aliphatic carbocycles. The standard InChI is InChI=1S/C17H16N2OS/c1-2-20-16-9-4-3-8-14(16)15-11-21-17(19-15)12-6-5-7-13(18)10-12/h3-11H,2,18H2,1H3. The van der Waals surface area contributed by atoms with Crippen molar-refractivity contribution in [1.82, 2.24) is 4.98 Å². The molecule has 0 saturated heterocycles. The van der Waals surface area contributed by atoms with Crippen LogP contribution in [0.1, 0.15) is 6.92 Å². The van der Waals surface area contributed by atoms with E-state index in [2.05, 4.69) is 5.38 Å². The molecule has 21 heavy (non-hydrogen) atoms. The van der Waals surface area contributed by atoms with Crippen LogP contribution in [0.15, 0.2) is 53.9 Å². The van der Waals surface area contributed by atoms with Crippen LogP contribution < -0.4 is 10.5 Å². The van der Waals surface area contributed by atoms with E-state index in [1.54, 1.807) is 11.3 Å². The van der Waals surface area contributed by atoms with Crippen LogP contribution in [-0.4, -0.2) is 11.6 Å². The van der Waals surface area contributed by atoms with Crippen molar-refractivity contribution < 1.29 is 4.74 Å². The fourth-order valence-corrected chi connectivity index (χ4v) is 2.98. The van der Waals surface area contributed by atoms with E-state index in [-0.39, 0.29) is 0 Å². The normalized spacial score (nSPS) is 10.5. The Morgan fingerprint density at radius 2 is 2.00 bits per heavy atom. The zero-order valence-electron chi connectivity index (χ0n) is 11.7. The Morgan fingerprint density at radius 1 is 1.14 bits per heavy atom. The number of nitrogens with zero attached hydrogens (tertiary/aromatic N) is 1. The highest BCUT2D eigenvalue weighted by molar-refractivity contribution is 7.13. The van der Waals surface area contributed by atoms with Crippen molar-refractivity contribution in [3.05, 3.63) is 53.9 Å². The molecule has 0 atom stereocenters. The van der Waals surface area contributed by atoms with Crippen molar-refractivity contribution in [2.75, 3.05) is 12.3 Å². The minimum absolute atomic E-state index is 0.642. The van der Waals surface area contributed by atoms with Crippen LogP contribution in [0.25, 0.3) is 21.8 Å². The van der Waals surface area contributed by atoms with E-state index < -0.39 is 0 Å². The van der Waals surface area contributed by atoms with Gasteiger partial charge in [-0.2, -0.15) is 0 Å². The second-order valence-electron chi connectivity index (χ2n) is 4.59. The van der Waals surface area contributed by atoms with Gasteiger partial charge in [0.15, 0.2) is 0 Å². The summed E-state index contributed by atoms with van der Waals surface area (Å²) < 4.78 is 5.67. The summed E-state index contributed by atoms with van der Waals surface area (Å²) in [7, 11) is 0. The lowest BCUT2D eigenvalue weighted by atomic mass is 10.1. The van der Waals surface area contributed by atoms with Crippen molar-refractivity contribution in [3.8, 4) is 27.6 Å². The topological polar surface area (TPSA) is 48.1 Å². The number of rotatable bonds is 4. The maximum atomic E-state index is 5.83. The lowest BCUT2D eigenvalue weighted by molar-refractivity contribution is 0.341. The maximum Gasteiger partial charge on any atom is 0.128 e. The molecule has 3 aromatic rings. The van der Waals surface area contributed by atoms with E-state index in [1.165, 1.54) is 0 Å². The van der Waals surface area contributed by atoms with Crippen molar-refractivity contribution in [3.63, 3.8) is 0 Å². The number of hydrogen-bond acceptors (Lipinski definition) is 4. The third-order valence-electron chi connectivity index (χ3n) is 3.10. The molecule has 0 aliphatic heterocycles. The summed E-state index contributed by atoms with van der Waals surface area (Å²) in [5.41, 5.74) is 9.58. The SMILES string of the molecule is CCOc1ccccc1-c1csc(-c2cccc(N)c2)n1. The van der Waals surface area contributed by atoms with Crippen molar-refractivity contribution in [2.24, 2.45) is 0 Å². The lowest BCUT2D eigenvalue weighted by Gasteiger charge is -2.07. The first kappa shape index (κ1) is 13.6. The zero-order valence-corrected chi connectivity index (χ0v) is 12.6. The summed E-state index contributed by atoms with van der Waals surface area (Å²) in [5.74, 6) is 0.865. The Hall–Kier alpha value is -2.33. The van der Waals surface area contributed by atoms with Gasteiger partial charge < -0.3 is 10.5 Å². The van der Waals surface area contributed by atoms with Crippen molar-refractivity contribution >= 4 is 17.0 Å². The monoisotopic (exact) mass is 296 g/mol. The van der Waals surface area contributed by atoms with Crippen LogP contribution >= 0.6 is 11.3 Å². The number of nitrogens with two attached hydrogens (primary N) is 1. The molecule has 0 spiro atoms. The third kappa shape index (κ3) is 2.90. The van der Waals surface area contributed by atoms with E-state index in [0.717, 1.165) is 33.3 Å². The second-order valence-corrected chi connectivity index (χ2v) is 5.45. The molecule has 2 N–H and O–H groups in total. The van der Waals surface area contributed by atoms with Gasteiger partial charge >= 0.3 is 0 Å². The Bertz CT molecular complexity index is 752. The van der Waals surface area contributed by atoms with Crippen LogP contribution in [0, 0.1) is 0 Å². The summed E-state index contributed by atoms with van der Waals surface area (Å²) in [6.45, 7) is 2.62. The predicted octanol–water partition coefficient (Wildman–Crippen LogP) is 4.46. The largest absolute Gasteiger partial charge is 0.493 e. The number of para-hydroxylation sites is 1. The number of hydrogen-bond donors (Lipinski definition) is 1. The lowest BCUT2D eigenvalue weighted by Crippen LogP contribution is -1.93.